The molecular formula is C21H16Cl4N2O2. The molecule has 0 aliphatic rings. The van der Waals surface area contributed by atoms with E-state index in [-0.39, 0.29) is 0 Å². The second kappa shape index (κ2) is 10.1. The Kier molecular flexibility index (Phi) is 7.51. The molecule has 1 N–H and O–H groups in total. The van der Waals surface area contributed by atoms with Crippen molar-refractivity contribution in [1.29, 1.82) is 0 Å². The highest BCUT2D eigenvalue weighted by molar-refractivity contribution is 6.42. The summed E-state index contributed by atoms with van der Waals surface area (Å²) in [6.45, 7) is 0.333. The first-order valence-corrected chi connectivity index (χ1v) is 9.96. The van der Waals surface area contributed by atoms with Crippen LogP contribution in [0, 0.1) is 0 Å². The quantitative estimate of drug-likeness (QED) is 0.291. The van der Waals surface area contributed by atoms with Crippen molar-refractivity contribution in [2.45, 2.75) is 6.61 Å². The van der Waals surface area contributed by atoms with Gasteiger partial charge in [-0.25, -0.2) is 0 Å². The molecule has 0 saturated carbocycles. The molecule has 0 aliphatic carbocycles. The van der Waals surface area contributed by atoms with Gasteiger partial charge in [-0.1, -0.05) is 52.5 Å². The Hall–Kier alpha value is -2.11. The molecule has 0 fully saturated rings. The summed E-state index contributed by atoms with van der Waals surface area (Å²) in [5, 5.41) is 6.14. The first kappa shape index (κ1) is 21.6. The number of halogens is 4. The molecule has 0 atom stereocenters. The van der Waals surface area contributed by atoms with Crippen LogP contribution in [0.5, 0.6) is 11.5 Å². The third-order valence-electron chi connectivity index (χ3n) is 3.89. The van der Waals surface area contributed by atoms with Crippen molar-refractivity contribution in [2.75, 3.05) is 12.5 Å². The molecule has 3 rings (SSSR count). The van der Waals surface area contributed by atoms with Crippen LogP contribution < -0.4 is 14.9 Å². The van der Waals surface area contributed by atoms with Gasteiger partial charge in [-0.2, -0.15) is 5.10 Å². The average Bonchev–Trinajstić information content (AvgIpc) is 2.72. The van der Waals surface area contributed by atoms with Crippen LogP contribution in [-0.2, 0) is 6.61 Å². The van der Waals surface area contributed by atoms with E-state index in [9.17, 15) is 0 Å². The predicted octanol–water partition coefficient (Wildman–Crippen LogP) is 7.33. The lowest BCUT2D eigenvalue weighted by Gasteiger charge is -2.12. The summed E-state index contributed by atoms with van der Waals surface area (Å²) >= 11 is 23.9. The van der Waals surface area contributed by atoms with E-state index in [1.807, 2.05) is 24.3 Å². The zero-order valence-electron chi connectivity index (χ0n) is 15.3. The van der Waals surface area contributed by atoms with E-state index in [0.717, 1.165) is 16.8 Å². The molecule has 4 nitrogen and oxygen atoms in total. The largest absolute Gasteiger partial charge is 0.493 e. The van der Waals surface area contributed by atoms with Crippen LogP contribution >= 0.6 is 46.4 Å². The molecule has 150 valence electrons. The number of ether oxygens (including phenoxy) is 2. The standard InChI is InChI=1S/C21H16Cl4N2O2/c1-28-21-9-13(11-26-27-15-4-6-17(23)19(25)10-15)3-7-20(21)29-12-14-2-5-16(22)18(24)8-14/h2-11,27H,12H2,1H3. The molecule has 29 heavy (non-hydrogen) atoms. The lowest BCUT2D eigenvalue weighted by atomic mass is 10.2. The molecular weight excluding hydrogens is 454 g/mol. The number of hydrazone groups is 1. The number of hydrogen-bond acceptors (Lipinski definition) is 4. The van der Waals surface area contributed by atoms with Crippen molar-refractivity contribution >= 4 is 58.3 Å². The van der Waals surface area contributed by atoms with Crippen molar-refractivity contribution < 1.29 is 9.47 Å². The van der Waals surface area contributed by atoms with Gasteiger partial charge in [0.25, 0.3) is 0 Å². The minimum atomic E-state index is 0.333. The first-order valence-electron chi connectivity index (χ1n) is 8.45. The highest BCUT2D eigenvalue weighted by atomic mass is 35.5. The Balaban J connectivity index is 1.65. The van der Waals surface area contributed by atoms with Crippen LogP contribution in [-0.4, -0.2) is 13.3 Å². The Labute approximate surface area is 188 Å². The minimum absolute atomic E-state index is 0.333. The Bertz CT molecular complexity index is 1040. The zero-order valence-corrected chi connectivity index (χ0v) is 18.3. The number of nitrogens with zero attached hydrogens (tertiary/aromatic N) is 1. The zero-order chi connectivity index (χ0) is 20.8. The topological polar surface area (TPSA) is 42.8 Å². The van der Waals surface area contributed by atoms with Crippen molar-refractivity contribution in [1.82, 2.24) is 0 Å². The Morgan fingerprint density at radius 2 is 1.55 bits per heavy atom. The average molecular weight is 470 g/mol. The van der Waals surface area contributed by atoms with E-state index in [4.69, 9.17) is 55.9 Å². The van der Waals surface area contributed by atoms with Gasteiger partial charge in [0.15, 0.2) is 11.5 Å². The van der Waals surface area contributed by atoms with Crippen LogP contribution in [0.15, 0.2) is 59.7 Å². The van der Waals surface area contributed by atoms with E-state index in [2.05, 4.69) is 10.5 Å². The van der Waals surface area contributed by atoms with Gasteiger partial charge < -0.3 is 9.47 Å². The predicted molar refractivity (Wildman–Crippen MR) is 121 cm³/mol. The van der Waals surface area contributed by atoms with Crippen LogP contribution in [0.4, 0.5) is 5.69 Å². The molecule has 0 aromatic heterocycles. The molecule has 0 heterocycles. The summed E-state index contributed by atoms with van der Waals surface area (Å²) in [6.07, 6.45) is 1.66. The number of rotatable bonds is 7. The van der Waals surface area contributed by atoms with E-state index in [0.29, 0.717) is 38.2 Å². The Morgan fingerprint density at radius 3 is 2.24 bits per heavy atom. The molecule has 0 amide bonds. The molecule has 0 aliphatic heterocycles. The SMILES string of the molecule is COc1cc(C=NNc2ccc(Cl)c(Cl)c2)ccc1OCc1ccc(Cl)c(Cl)c1. The highest BCUT2D eigenvalue weighted by Gasteiger charge is 2.07. The smallest absolute Gasteiger partial charge is 0.161 e. The molecule has 0 spiro atoms. The van der Waals surface area contributed by atoms with Gasteiger partial charge in [-0.15, -0.1) is 0 Å². The summed E-state index contributed by atoms with van der Waals surface area (Å²) in [6, 6.07) is 16.1. The van der Waals surface area contributed by atoms with Crippen LogP contribution in [0.3, 0.4) is 0 Å². The van der Waals surface area contributed by atoms with Gasteiger partial charge in [0.05, 0.1) is 39.1 Å². The number of benzene rings is 3. The Morgan fingerprint density at radius 1 is 0.828 bits per heavy atom. The second-order valence-electron chi connectivity index (χ2n) is 5.95. The van der Waals surface area contributed by atoms with Crippen LogP contribution in [0.25, 0.3) is 0 Å². The van der Waals surface area contributed by atoms with Gasteiger partial charge in [0, 0.05) is 0 Å². The maximum atomic E-state index is 6.04. The first-order chi connectivity index (χ1) is 14.0. The van der Waals surface area contributed by atoms with Crippen LogP contribution in [0.1, 0.15) is 11.1 Å². The summed E-state index contributed by atoms with van der Waals surface area (Å²) in [4.78, 5) is 0. The molecule has 3 aromatic rings. The summed E-state index contributed by atoms with van der Waals surface area (Å²) < 4.78 is 11.3. The number of nitrogens with one attached hydrogen (secondary N) is 1. The van der Waals surface area contributed by atoms with Crippen molar-refractivity contribution in [3.63, 3.8) is 0 Å². The lowest BCUT2D eigenvalue weighted by Crippen LogP contribution is -1.99. The third-order valence-corrected chi connectivity index (χ3v) is 5.37. The molecule has 3 aromatic carbocycles. The monoisotopic (exact) mass is 468 g/mol. The maximum absolute atomic E-state index is 6.04. The van der Waals surface area contributed by atoms with Crippen molar-refractivity contribution in [2.24, 2.45) is 5.10 Å². The molecule has 0 unspecified atom stereocenters. The molecule has 0 radical (unpaired) electrons. The lowest BCUT2D eigenvalue weighted by molar-refractivity contribution is 0.284. The van der Waals surface area contributed by atoms with E-state index >= 15 is 0 Å². The normalized spacial score (nSPS) is 10.9. The number of anilines is 1. The number of hydrogen-bond donors (Lipinski definition) is 1. The van der Waals surface area contributed by atoms with Gasteiger partial charge in [-0.3, -0.25) is 5.43 Å². The van der Waals surface area contributed by atoms with Gasteiger partial charge >= 0.3 is 0 Å². The fourth-order valence-electron chi connectivity index (χ4n) is 2.42. The summed E-state index contributed by atoms with van der Waals surface area (Å²) in [5.41, 5.74) is 5.36. The molecule has 0 bridgehead atoms. The van der Waals surface area contributed by atoms with Crippen molar-refractivity contribution in [3.05, 3.63) is 85.8 Å². The summed E-state index contributed by atoms with van der Waals surface area (Å²) in [5.74, 6) is 1.19. The van der Waals surface area contributed by atoms with Gasteiger partial charge in [0.2, 0.25) is 0 Å². The fourth-order valence-corrected chi connectivity index (χ4v) is 3.04. The van der Waals surface area contributed by atoms with Gasteiger partial charge in [0.1, 0.15) is 6.61 Å². The molecule has 8 heteroatoms. The van der Waals surface area contributed by atoms with Gasteiger partial charge in [-0.05, 0) is 59.7 Å². The fraction of sp³-hybridized carbons (Fsp3) is 0.0952. The third kappa shape index (κ3) is 5.94. The van der Waals surface area contributed by atoms with E-state index < -0.39 is 0 Å². The number of methoxy groups -OCH3 is 1. The van der Waals surface area contributed by atoms with E-state index in [1.54, 1.807) is 43.7 Å². The second-order valence-corrected chi connectivity index (χ2v) is 7.58. The summed E-state index contributed by atoms with van der Waals surface area (Å²) in [7, 11) is 1.58. The van der Waals surface area contributed by atoms with E-state index in [1.165, 1.54) is 0 Å². The highest BCUT2D eigenvalue weighted by Crippen LogP contribution is 2.30. The minimum Gasteiger partial charge on any atom is -0.493 e. The molecule has 0 saturated heterocycles. The van der Waals surface area contributed by atoms with Crippen molar-refractivity contribution in [3.8, 4) is 11.5 Å². The van der Waals surface area contributed by atoms with Crippen LogP contribution in [0.2, 0.25) is 20.1 Å². The maximum Gasteiger partial charge on any atom is 0.161 e.